The average Bonchev–Trinajstić information content (AvgIpc) is 1.65. The highest BCUT2D eigenvalue weighted by Crippen LogP contribution is 2.22. The first-order chi connectivity index (χ1) is 2.81. The fourth-order valence-corrected chi connectivity index (χ4v) is 0.335. The van der Waals surface area contributed by atoms with E-state index in [1.165, 1.54) is 7.11 Å². The Bertz CT molecular complexity index is 48.8. The Labute approximate surface area is 42.2 Å². The molecule has 0 N–H and O–H groups in total. The van der Waals surface area contributed by atoms with Crippen LogP contribution in [-0.2, 0) is 13.1 Å². The maximum atomic E-state index is 9.84. The van der Waals surface area contributed by atoms with E-state index in [2.05, 4.69) is 21.4 Å². The van der Waals surface area contributed by atoms with Gasteiger partial charge >= 0.3 is 8.25 Å². The standard InChI is InChI=1S/CH5O3PS/c1-3-5(2)4-6/h5-6H,1H3. The minimum Gasteiger partial charge on any atom is -0.313 e. The van der Waals surface area contributed by atoms with Gasteiger partial charge in [0.15, 0.2) is 0 Å². The van der Waals surface area contributed by atoms with Crippen molar-refractivity contribution >= 4 is 21.2 Å². The van der Waals surface area contributed by atoms with Gasteiger partial charge in [-0.3, -0.25) is 4.57 Å². The Morgan fingerprint density at radius 3 is 2.33 bits per heavy atom. The van der Waals surface area contributed by atoms with Crippen molar-refractivity contribution in [3.05, 3.63) is 0 Å². The second kappa shape index (κ2) is 3.68. The summed E-state index contributed by atoms with van der Waals surface area (Å²) in [5.41, 5.74) is 0. The summed E-state index contributed by atoms with van der Waals surface area (Å²) < 4.78 is 17.9. The van der Waals surface area contributed by atoms with Crippen LogP contribution in [0.15, 0.2) is 0 Å². The number of hydrogen-bond acceptors (Lipinski definition) is 4. The SMILES string of the molecule is CO[PH](=O)OS. The highest BCUT2D eigenvalue weighted by molar-refractivity contribution is 7.79. The van der Waals surface area contributed by atoms with Crippen molar-refractivity contribution in [2.24, 2.45) is 0 Å². The van der Waals surface area contributed by atoms with Crippen LogP contribution in [-0.4, -0.2) is 7.11 Å². The minimum absolute atomic E-state index is 1.29. The van der Waals surface area contributed by atoms with E-state index < -0.39 is 8.25 Å². The van der Waals surface area contributed by atoms with Gasteiger partial charge in [0.25, 0.3) is 0 Å². The van der Waals surface area contributed by atoms with E-state index in [1.54, 1.807) is 0 Å². The second-order valence-corrected chi connectivity index (χ2v) is 2.18. The van der Waals surface area contributed by atoms with Gasteiger partial charge < -0.3 is 4.52 Å². The average molecular weight is 128 g/mol. The lowest BCUT2D eigenvalue weighted by molar-refractivity contribution is 0.364. The number of thiol groups is 1. The molecule has 0 heterocycles. The lowest BCUT2D eigenvalue weighted by Crippen LogP contribution is -1.60. The monoisotopic (exact) mass is 128 g/mol. The summed E-state index contributed by atoms with van der Waals surface area (Å²) in [6.07, 6.45) is 0. The fourth-order valence-electron chi connectivity index (χ4n) is 0.0373. The molecule has 38 valence electrons. The van der Waals surface area contributed by atoms with Crippen LogP contribution < -0.4 is 0 Å². The molecule has 0 aliphatic rings. The maximum absolute atomic E-state index is 9.84. The third-order valence-corrected chi connectivity index (χ3v) is 1.17. The molecule has 0 bridgehead atoms. The quantitative estimate of drug-likeness (QED) is 0.340. The first kappa shape index (κ1) is 6.50. The molecule has 0 aliphatic carbocycles. The van der Waals surface area contributed by atoms with Crippen LogP contribution in [0.3, 0.4) is 0 Å². The lowest BCUT2D eigenvalue weighted by atomic mass is 11.8. The molecule has 0 aromatic heterocycles. The molecule has 0 aromatic rings. The van der Waals surface area contributed by atoms with Crippen LogP contribution in [0.4, 0.5) is 0 Å². The van der Waals surface area contributed by atoms with Crippen molar-refractivity contribution in [2.75, 3.05) is 7.11 Å². The Kier molecular flexibility index (Phi) is 3.99. The Hall–Kier alpha value is 0.500. The lowest BCUT2D eigenvalue weighted by Gasteiger charge is -1.87. The van der Waals surface area contributed by atoms with Crippen LogP contribution in [0.25, 0.3) is 0 Å². The zero-order valence-corrected chi connectivity index (χ0v) is 5.07. The van der Waals surface area contributed by atoms with Gasteiger partial charge in [0.05, 0.1) is 0 Å². The molecule has 0 aromatic carbocycles. The molecule has 0 rings (SSSR count). The molecule has 0 saturated heterocycles. The van der Waals surface area contributed by atoms with E-state index in [0.717, 1.165) is 0 Å². The Balaban J connectivity index is 2.99. The summed E-state index contributed by atoms with van der Waals surface area (Å²) in [4.78, 5) is 0. The maximum Gasteiger partial charge on any atom is 0.329 e. The van der Waals surface area contributed by atoms with Crippen molar-refractivity contribution < 1.29 is 13.1 Å². The molecule has 1 atom stereocenters. The molecule has 0 radical (unpaired) electrons. The minimum atomic E-state index is -2.25. The Morgan fingerprint density at radius 1 is 1.83 bits per heavy atom. The summed E-state index contributed by atoms with van der Waals surface area (Å²) in [7, 11) is -0.965. The summed E-state index contributed by atoms with van der Waals surface area (Å²) in [5, 5.41) is 0. The fraction of sp³-hybridized carbons (Fsp3) is 1.00. The predicted molar refractivity (Wildman–Crippen MR) is 26.1 cm³/mol. The van der Waals surface area contributed by atoms with Gasteiger partial charge in [-0.25, -0.2) is 3.97 Å². The third kappa shape index (κ3) is 2.72. The zero-order chi connectivity index (χ0) is 4.99. The van der Waals surface area contributed by atoms with E-state index in [4.69, 9.17) is 0 Å². The molecule has 1 unspecified atom stereocenters. The summed E-state index contributed by atoms with van der Waals surface area (Å²) in [6, 6.07) is 0. The van der Waals surface area contributed by atoms with Crippen molar-refractivity contribution in [3.63, 3.8) is 0 Å². The van der Waals surface area contributed by atoms with Crippen molar-refractivity contribution in [2.45, 2.75) is 0 Å². The topological polar surface area (TPSA) is 35.5 Å². The van der Waals surface area contributed by atoms with Gasteiger partial charge in [-0.1, -0.05) is 0 Å². The number of rotatable bonds is 2. The van der Waals surface area contributed by atoms with E-state index in [-0.39, 0.29) is 0 Å². The highest BCUT2D eigenvalue weighted by Gasteiger charge is 1.84. The van der Waals surface area contributed by atoms with Gasteiger partial charge in [0.1, 0.15) is 0 Å². The zero-order valence-electron chi connectivity index (χ0n) is 3.17. The first-order valence-electron chi connectivity index (χ1n) is 1.20. The molecule has 0 aliphatic heterocycles. The van der Waals surface area contributed by atoms with Gasteiger partial charge in [-0.2, -0.15) is 0 Å². The molecule has 5 heteroatoms. The predicted octanol–water partition coefficient (Wildman–Crippen LogP) is 0.884. The smallest absolute Gasteiger partial charge is 0.313 e. The van der Waals surface area contributed by atoms with Gasteiger partial charge in [-0.15, -0.1) is 0 Å². The van der Waals surface area contributed by atoms with Gasteiger partial charge in [-0.05, 0) is 12.9 Å². The second-order valence-electron chi connectivity index (χ2n) is 0.545. The first-order valence-corrected chi connectivity index (χ1v) is 2.79. The normalized spacial score (nSPS) is 14.3. The van der Waals surface area contributed by atoms with Crippen LogP contribution >= 0.6 is 21.2 Å². The highest BCUT2D eigenvalue weighted by atomic mass is 32.1. The molecule has 0 fully saturated rings. The largest absolute Gasteiger partial charge is 0.329 e. The van der Waals surface area contributed by atoms with Crippen molar-refractivity contribution in [3.8, 4) is 0 Å². The number of hydrogen-bond donors (Lipinski definition) is 1. The van der Waals surface area contributed by atoms with Crippen LogP contribution in [0.5, 0.6) is 0 Å². The Morgan fingerprint density at radius 2 is 2.33 bits per heavy atom. The molecule has 0 amide bonds. The van der Waals surface area contributed by atoms with Crippen molar-refractivity contribution in [1.29, 1.82) is 0 Å². The third-order valence-electron chi connectivity index (χ3n) is 0.241. The molecular formula is CH5O3PS. The summed E-state index contributed by atoms with van der Waals surface area (Å²) >= 11 is 3.20. The van der Waals surface area contributed by atoms with E-state index in [9.17, 15) is 4.57 Å². The van der Waals surface area contributed by atoms with E-state index >= 15 is 0 Å². The van der Waals surface area contributed by atoms with Crippen LogP contribution in [0.1, 0.15) is 0 Å². The van der Waals surface area contributed by atoms with Crippen LogP contribution in [0.2, 0.25) is 0 Å². The van der Waals surface area contributed by atoms with Crippen LogP contribution in [0, 0.1) is 0 Å². The summed E-state index contributed by atoms with van der Waals surface area (Å²) in [6.45, 7) is 0. The van der Waals surface area contributed by atoms with Gasteiger partial charge in [0, 0.05) is 7.11 Å². The molecule has 0 saturated carbocycles. The van der Waals surface area contributed by atoms with Crippen molar-refractivity contribution in [1.82, 2.24) is 0 Å². The molecule has 0 spiro atoms. The van der Waals surface area contributed by atoms with Gasteiger partial charge in [0.2, 0.25) is 0 Å². The molecular weight excluding hydrogens is 123 g/mol. The summed E-state index contributed by atoms with van der Waals surface area (Å²) in [5.74, 6) is 0. The van der Waals surface area contributed by atoms with E-state index in [0.29, 0.717) is 0 Å². The van der Waals surface area contributed by atoms with E-state index in [1.807, 2.05) is 0 Å². The molecule has 3 nitrogen and oxygen atoms in total. The molecule has 6 heavy (non-hydrogen) atoms.